The van der Waals surface area contributed by atoms with Gasteiger partial charge >= 0.3 is 0 Å². The molecule has 3 aliphatic heterocycles. The highest BCUT2D eigenvalue weighted by Crippen LogP contribution is 2.45. The molecule has 34 heavy (non-hydrogen) atoms. The van der Waals surface area contributed by atoms with Crippen LogP contribution in [0.5, 0.6) is 5.75 Å². The number of amides is 2. The molecule has 6 rings (SSSR count). The number of methoxy groups -OCH3 is 1. The first-order valence-electron chi connectivity index (χ1n) is 11.1. The summed E-state index contributed by atoms with van der Waals surface area (Å²) in [5.41, 5.74) is 2.08. The lowest BCUT2D eigenvalue weighted by molar-refractivity contribution is -0.00597. The number of fused-ring (bicyclic) bond motifs is 2. The van der Waals surface area contributed by atoms with Crippen molar-refractivity contribution in [3.8, 4) is 5.75 Å². The van der Waals surface area contributed by atoms with Gasteiger partial charge in [0.15, 0.2) is 5.66 Å². The van der Waals surface area contributed by atoms with E-state index in [2.05, 4.69) is 15.5 Å². The average molecular weight is 461 g/mol. The van der Waals surface area contributed by atoms with Crippen LogP contribution in [0.1, 0.15) is 32.1 Å². The maximum Gasteiger partial charge on any atom is 0.272 e. The molecule has 1 saturated heterocycles. The Morgan fingerprint density at radius 2 is 2.00 bits per heavy atom. The Morgan fingerprint density at radius 1 is 1.18 bits per heavy atom. The van der Waals surface area contributed by atoms with Gasteiger partial charge in [0.05, 0.1) is 38.1 Å². The number of carbonyl (C=O) groups is 2. The van der Waals surface area contributed by atoms with Crippen LogP contribution in [0.3, 0.4) is 0 Å². The molecule has 1 aromatic carbocycles. The third-order valence-corrected chi connectivity index (χ3v) is 6.84. The highest BCUT2D eigenvalue weighted by Gasteiger charge is 2.56. The summed E-state index contributed by atoms with van der Waals surface area (Å²) in [6.07, 6.45) is 3.27. The lowest BCUT2D eigenvalue weighted by atomic mass is 9.93. The molecular formula is C23H23N7O4. The van der Waals surface area contributed by atoms with E-state index in [0.717, 1.165) is 11.3 Å². The SMILES string of the molecule is COc1ccc(C23Cn4cc(N5CCN=N5)cc4C(=O)N2CCN3C(=O)c2conc2C)cc1. The first-order chi connectivity index (χ1) is 16.5. The molecule has 1 atom stereocenters. The van der Waals surface area contributed by atoms with Crippen LogP contribution in [0.25, 0.3) is 0 Å². The molecule has 0 saturated carbocycles. The van der Waals surface area contributed by atoms with Gasteiger partial charge in [0.2, 0.25) is 0 Å². The highest BCUT2D eigenvalue weighted by atomic mass is 16.5. The summed E-state index contributed by atoms with van der Waals surface area (Å²) in [4.78, 5) is 31.1. The van der Waals surface area contributed by atoms with Crippen LogP contribution in [0.4, 0.5) is 5.69 Å². The lowest BCUT2D eigenvalue weighted by Gasteiger charge is -2.47. The topological polar surface area (TPSA) is 109 Å². The van der Waals surface area contributed by atoms with E-state index in [9.17, 15) is 9.59 Å². The molecule has 1 unspecified atom stereocenters. The molecule has 11 nitrogen and oxygen atoms in total. The van der Waals surface area contributed by atoms with Gasteiger partial charge in [-0.2, -0.15) is 5.11 Å². The molecule has 3 aliphatic rings. The minimum absolute atomic E-state index is 0.137. The predicted molar refractivity (Wildman–Crippen MR) is 119 cm³/mol. The second-order valence-electron chi connectivity index (χ2n) is 8.56. The number of ether oxygens (including phenoxy) is 1. The lowest BCUT2D eigenvalue weighted by Crippen LogP contribution is -2.60. The van der Waals surface area contributed by atoms with E-state index < -0.39 is 5.66 Å². The Balaban J connectivity index is 1.49. The minimum Gasteiger partial charge on any atom is -0.497 e. The Morgan fingerprint density at radius 3 is 2.68 bits per heavy atom. The van der Waals surface area contributed by atoms with E-state index in [-0.39, 0.29) is 11.8 Å². The summed E-state index contributed by atoms with van der Waals surface area (Å²) in [5, 5.41) is 13.9. The molecule has 0 N–H and O–H groups in total. The Kier molecular flexibility index (Phi) is 4.48. The highest BCUT2D eigenvalue weighted by molar-refractivity contribution is 5.99. The van der Waals surface area contributed by atoms with Crippen molar-refractivity contribution in [1.82, 2.24) is 19.5 Å². The zero-order valence-electron chi connectivity index (χ0n) is 18.8. The fourth-order valence-electron chi connectivity index (χ4n) is 5.14. The van der Waals surface area contributed by atoms with Gasteiger partial charge in [-0.3, -0.25) is 9.59 Å². The van der Waals surface area contributed by atoms with Gasteiger partial charge in [-0.05, 0) is 25.1 Å². The van der Waals surface area contributed by atoms with Crippen molar-refractivity contribution in [2.75, 3.05) is 38.3 Å². The van der Waals surface area contributed by atoms with E-state index in [4.69, 9.17) is 9.26 Å². The third-order valence-electron chi connectivity index (χ3n) is 6.84. The number of aryl methyl sites for hydroxylation is 1. The molecule has 3 aromatic rings. The van der Waals surface area contributed by atoms with E-state index >= 15 is 0 Å². The Bertz CT molecular complexity index is 1310. The molecule has 2 aromatic heterocycles. The van der Waals surface area contributed by atoms with E-state index in [1.165, 1.54) is 6.26 Å². The summed E-state index contributed by atoms with van der Waals surface area (Å²) in [7, 11) is 1.60. The van der Waals surface area contributed by atoms with Crippen LogP contribution in [-0.4, -0.2) is 64.6 Å². The normalized spacial score (nSPS) is 21.2. The third kappa shape index (κ3) is 2.79. The molecule has 0 radical (unpaired) electrons. The van der Waals surface area contributed by atoms with Crippen LogP contribution in [-0.2, 0) is 12.2 Å². The molecule has 0 bridgehead atoms. The molecule has 174 valence electrons. The van der Waals surface area contributed by atoms with Gasteiger partial charge in [0.25, 0.3) is 11.8 Å². The van der Waals surface area contributed by atoms with E-state index in [1.54, 1.807) is 28.8 Å². The number of hydrogen-bond acceptors (Lipinski definition) is 8. The number of anilines is 1. The van der Waals surface area contributed by atoms with Crippen molar-refractivity contribution in [3.63, 3.8) is 0 Å². The van der Waals surface area contributed by atoms with Crippen LogP contribution >= 0.6 is 0 Å². The Labute approximate surface area is 195 Å². The van der Waals surface area contributed by atoms with Crippen molar-refractivity contribution in [2.24, 2.45) is 10.3 Å². The molecule has 1 fully saturated rings. The average Bonchev–Trinajstić information content (AvgIpc) is 3.64. The second-order valence-corrected chi connectivity index (χ2v) is 8.56. The number of hydrogen-bond donors (Lipinski definition) is 0. The minimum atomic E-state index is -1.01. The quantitative estimate of drug-likeness (QED) is 0.591. The standard InChI is InChI=1S/C23H23N7O4/c1-15-19(13-34-25-15)21(31)28-9-10-29-22(32)20-11-17(30-8-7-24-26-30)12-27(20)14-23(28,29)16-3-5-18(33-2)6-4-16/h3-6,11-13H,7-10,14H2,1-2H3. The largest absolute Gasteiger partial charge is 0.497 e. The van der Waals surface area contributed by atoms with E-state index in [0.29, 0.717) is 55.4 Å². The summed E-state index contributed by atoms with van der Waals surface area (Å²) in [6, 6.07) is 9.36. The van der Waals surface area contributed by atoms with Crippen LogP contribution in [0.2, 0.25) is 0 Å². The fourth-order valence-corrected chi connectivity index (χ4v) is 5.14. The number of rotatable bonds is 4. The molecule has 0 aliphatic carbocycles. The number of nitrogens with zero attached hydrogens (tertiary/aromatic N) is 7. The zero-order valence-corrected chi connectivity index (χ0v) is 18.8. The van der Waals surface area contributed by atoms with Gasteiger partial charge in [-0.25, -0.2) is 5.01 Å². The molecule has 2 amide bonds. The fraction of sp³-hybridized carbons (Fsp3) is 0.348. The zero-order chi connectivity index (χ0) is 23.4. The second kappa shape index (κ2) is 7.44. The van der Waals surface area contributed by atoms with Gasteiger partial charge < -0.3 is 23.6 Å². The summed E-state index contributed by atoms with van der Waals surface area (Å²) < 4.78 is 12.3. The number of carbonyl (C=O) groups excluding carboxylic acids is 2. The van der Waals surface area contributed by atoms with Gasteiger partial charge in [0.1, 0.15) is 23.3 Å². The number of aromatic nitrogens is 2. The maximum absolute atomic E-state index is 13.8. The first kappa shape index (κ1) is 20.5. The van der Waals surface area contributed by atoms with Crippen molar-refractivity contribution < 1.29 is 18.8 Å². The first-order valence-corrected chi connectivity index (χ1v) is 11.1. The molecule has 11 heteroatoms. The predicted octanol–water partition coefficient (Wildman–Crippen LogP) is 2.45. The summed E-state index contributed by atoms with van der Waals surface area (Å²) >= 11 is 0. The number of benzene rings is 1. The van der Waals surface area contributed by atoms with Crippen LogP contribution < -0.4 is 9.75 Å². The van der Waals surface area contributed by atoms with Gasteiger partial charge in [-0.15, -0.1) is 0 Å². The molecule has 0 spiro atoms. The maximum atomic E-state index is 13.8. The monoisotopic (exact) mass is 461 g/mol. The smallest absolute Gasteiger partial charge is 0.272 e. The molecule has 5 heterocycles. The van der Waals surface area contributed by atoms with Crippen LogP contribution in [0.15, 0.2) is 57.7 Å². The summed E-state index contributed by atoms with van der Waals surface area (Å²) in [5.74, 6) is 0.332. The summed E-state index contributed by atoms with van der Waals surface area (Å²) in [6.45, 7) is 4.20. The van der Waals surface area contributed by atoms with Crippen molar-refractivity contribution in [2.45, 2.75) is 19.1 Å². The van der Waals surface area contributed by atoms with E-state index in [1.807, 2.05) is 41.1 Å². The van der Waals surface area contributed by atoms with Crippen molar-refractivity contribution in [3.05, 3.63) is 65.3 Å². The van der Waals surface area contributed by atoms with Gasteiger partial charge in [-0.1, -0.05) is 22.5 Å². The van der Waals surface area contributed by atoms with Crippen molar-refractivity contribution >= 4 is 17.5 Å². The Hall–Kier alpha value is -4.15. The molecular weight excluding hydrogens is 438 g/mol. The van der Waals surface area contributed by atoms with Gasteiger partial charge in [0, 0.05) is 24.8 Å². The van der Waals surface area contributed by atoms with Crippen LogP contribution in [0, 0.1) is 6.92 Å². The van der Waals surface area contributed by atoms with Crippen molar-refractivity contribution in [1.29, 1.82) is 0 Å².